The predicted molar refractivity (Wildman–Crippen MR) is 51.0 cm³/mol. The number of nitrogens with zero attached hydrogens (tertiary/aromatic N) is 1. The van der Waals surface area contributed by atoms with Crippen LogP contribution in [0.5, 0.6) is 0 Å². The van der Waals surface area contributed by atoms with Crippen LogP contribution in [0.25, 0.3) is 0 Å². The van der Waals surface area contributed by atoms with Crippen LogP contribution in [0.4, 0.5) is 0 Å². The number of hydrogen-bond donors (Lipinski definition) is 1. The molecule has 0 aromatic carbocycles. The van der Waals surface area contributed by atoms with E-state index in [-0.39, 0.29) is 18.3 Å². The Hall–Kier alpha value is -1.16. The molecule has 0 amide bonds. The van der Waals surface area contributed by atoms with E-state index in [9.17, 15) is 4.79 Å². The lowest BCUT2D eigenvalue weighted by Gasteiger charge is -1.97. The van der Waals surface area contributed by atoms with Gasteiger partial charge in [0.1, 0.15) is 6.26 Å². The highest BCUT2D eigenvalue weighted by Crippen LogP contribution is 2.07. The summed E-state index contributed by atoms with van der Waals surface area (Å²) in [6.45, 7) is 0.230. The highest BCUT2D eigenvalue weighted by molar-refractivity contribution is 5.91. The molecule has 0 saturated heterocycles. The van der Waals surface area contributed by atoms with Crippen molar-refractivity contribution in [1.82, 2.24) is 4.98 Å². The third-order valence-electron chi connectivity index (χ3n) is 1.98. The average molecular weight is 197 g/mol. The summed E-state index contributed by atoms with van der Waals surface area (Å²) in [6, 6.07) is 0. The van der Waals surface area contributed by atoms with Crippen LogP contribution >= 0.6 is 0 Å². The molecule has 0 radical (unpaired) electrons. The van der Waals surface area contributed by atoms with Crippen molar-refractivity contribution in [3.8, 4) is 0 Å². The molecule has 0 aliphatic carbocycles. The Morgan fingerprint density at radius 2 is 2.14 bits per heavy atom. The lowest BCUT2D eigenvalue weighted by atomic mass is 10.1. The smallest absolute Gasteiger partial charge is 0.263 e. The number of Topliss-reactive ketones (excluding diaryl/α,β-unsaturated/α-hetero) is 1. The number of rotatable bonds is 7. The zero-order chi connectivity index (χ0) is 10.2. The summed E-state index contributed by atoms with van der Waals surface area (Å²) in [7, 11) is 0. The second-order valence-corrected chi connectivity index (χ2v) is 3.15. The number of aliphatic hydroxyl groups is 1. The van der Waals surface area contributed by atoms with Gasteiger partial charge in [-0.05, 0) is 12.8 Å². The number of unbranched alkanes of at least 4 members (excludes halogenated alkanes) is 3. The van der Waals surface area contributed by atoms with Crippen molar-refractivity contribution in [2.24, 2.45) is 0 Å². The topological polar surface area (TPSA) is 63.3 Å². The summed E-state index contributed by atoms with van der Waals surface area (Å²) in [5.74, 6) is 0.158. The molecule has 1 aromatic heterocycles. The van der Waals surface area contributed by atoms with E-state index in [1.165, 1.54) is 12.5 Å². The Kier molecular flexibility index (Phi) is 4.93. The largest absolute Gasteiger partial charge is 0.442 e. The normalized spacial score (nSPS) is 10.4. The van der Waals surface area contributed by atoms with Crippen LogP contribution < -0.4 is 0 Å². The Balaban J connectivity index is 2.10. The van der Waals surface area contributed by atoms with E-state index in [0.717, 1.165) is 25.7 Å². The molecule has 4 nitrogen and oxygen atoms in total. The molecule has 0 spiro atoms. The SMILES string of the molecule is O=C(CCCCCCO)c1ncco1. The molecule has 1 aromatic rings. The second-order valence-electron chi connectivity index (χ2n) is 3.15. The van der Waals surface area contributed by atoms with E-state index >= 15 is 0 Å². The van der Waals surface area contributed by atoms with Crippen molar-refractivity contribution < 1.29 is 14.3 Å². The number of oxazole rings is 1. The maximum Gasteiger partial charge on any atom is 0.263 e. The van der Waals surface area contributed by atoms with Crippen molar-refractivity contribution in [1.29, 1.82) is 0 Å². The zero-order valence-electron chi connectivity index (χ0n) is 8.11. The van der Waals surface area contributed by atoms with Gasteiger partial charge in [0.2, 0.25) is 5.78 Å². The van der Waals surface area contributed by atoms with Gasteiger partial charge in [0.25, 0.3) is 5.89 Å². The third-order valence-corrected chi connectivity index (χ3v) is 1.98. The molecular formula is C10H15NO3. The number of aliphatic hydroxyl groups excluding tert-OH is 1. The lowest BCUT2D eigenvalue weighted by Crippen LogP contribution is -1.98. The van der Waals surface area contributed by atoms with Crippen LogP contribution in [0.1, 0.15) is 42.8 Å². The second kappa shape index (κ2) is 6.32. The van der Waals surface area contributed by atoms with Crippen molar-refractivity contribution >= 4 is 5.78 Å². The summed E-state index contributed by atoms with van der Waals surface area (Å²) >= 11 is 0. The first kappa shape index (κ1) is 10.9. The maximum absolute atomic E-state index is 11.3. The Morgan fingerprint density at radius 1 is 1.36 bits per heavy atom. The lowest BCUT2D eigenvalue weighted by molar-refractivity contribution is 0.0945. The molecule has 0 unspecified atom stereocenters. The van der Waals surface area contributed by atoms with E-state index in [2.05, 4.69) is 4.98 Å². The van der Waals surface area contributed by atoms with E-state index < -0.39 is 0 Å². The zero-order valence-corrected chi connectivity index (χ0v) is 8.11. The van der Waals surface area contributed by atoms with Gasteiger partial charge in [0.05, 0.1) is 6.20 Å². The van der Waals surface area contributed by atoms with Crippen molar-refractivity contribution in [3.05, 3.63) is 18.4 Å². The van der Waals surface area contributed by atoms with E-state index in [1.807, 2.05) is 0 Å². The van der Waals surface area contributed by atoms with Gasteiger partial charge < -0.3 is 9.52 Å². The Labute approximate surface area is 83.0 Å². The van der Waals surface area contributed by atoms with Gasteiger partial charge in [-0.3, -0.25) is 4.79 Å². The van der Waals surface area contributed by atoms with Gasteiger partial charge >= 0.3 is 0 Å². The summed E-state index contributed by atoms with van der Waals surface area (Å²) in [5.41, 5.74) is 0. The molecule has 14 heavy (non-hydrogen) atoms. The maximum atomic E-state index is 11.3. The molecule has 1 N–H and O–H groups in total. The summed E-state index contributed by atoms with van der Waals surface area (Å²) in [6.07, 6.45) is 6.93. The quantitative estimate of drug-likeness (QED) is 0.534. The highest BCUT2D eigenvalue weighted by Gasteiger charge is 2.09. The van der Waals surface area contributed by atoms with Crippen molar-refractivity contribution in [3.63, 3.8) is 0 Å². The van der Waals surface area contributed by atoms with Gasteiger partial charge in [0.15, 0.2) is 0 Å². The van der Waals surface area contributed by atoms with Gasteiger partial charge in [-0.1, -0.05) is 12.8 Å². The molecule has 0 aliphatic heterocycles. The monoisotopic (exact) mass is 197 g/mol. The minimum atomic E-state index is -0.0426. The molecule has 0 fully saturated rings. The van der Waals surface area contributed by atoms with Crippen molar-refractivity contribution in [2.75, 3.05) is 6.61 Å². The van der Waals surface area contributed by atoms with Gasteiger partial charge in [-0.2, -0.15) is 0 Å². The molecule has 0 atom stereocenters. The van der Waals surface area contributed by atoms with Gasteiger partial charge in [-0.15, -0.1) is 0 Å². The fourth-order valence-electron chi connectivity index (χ4n) is 1.22. The minimum absolute atomic E-state index is 0.0426. The summed E-state index contributed by atoms with van der Waals surface area (Å²) < 4.78 is 4.87. The van der Waals surface area contributed by atoms with E-state index in [4.69, 9.17) is 9.52 Å². The molecule has 78 valence electrons. The number of carbonyl (C=O) groups excluding carboxylic acids is 1. The Bertz CT molecular complexity index is 256. The van der Waals surface area contributed by atoms with Gasteiger partial charge in [0, 0.05) is 13.0 Å². The molecular weight excluding hydrogens is 182 g/mol. The number of carbonyl (C=O) groups is 1. The first-order chi connectivity index (χ1) is 6.84. The first-order valence-corrected chi connectivity index (χ1v) is 4.88. The fourth-order valence-corrected chi connectivity index (χ4v) is 1.22. The van der Waals surface area contributed by atoms with Crippen LogP contribution in [0, 0.1) is 0 Å². The third kappa shape index (κ3) is 3.70. The molecule has 0 saturated carbocycles. The van der Waals surface area contributed by atoms with Crippen LogP contribution in [-0.2, 0) is 0 Å². The predicted octanol–water partition coefficient (Wildman–Crippen LogP) is 1.80. The highest BCUT2D eigenvalue weighted by atomic mass is 16.3. The van der Waals surface area contributed by atoms with Crippen LogP contribution in [0.3, 0.4) is 0 Å². The number of hydrogen-bond acceptors (Lipinski definition) is 4. The van der Waals surface area contributed by atoms with Crippen LogP contribution in [0.15, 0.2) is 16.9 Å². The van der Waals surface area contributed by atoms with E-state index in [1.54, 1.807) is 0 Å². The summed E-state index contributed by atoms with van der Waals surface area (Å²) in [5, 5.41) is 8.53. The molecule has 0 bridgehead atoms. The number of aromatic nitrogens is 1. The minimum Gasteiger partial charge on any atom is -0.442 e. The molecule has 0 aliphatic rings. The molecule has 4 heteroatoms. The number of ketones is 1. The Morgan fingerprint density at radius 3 is 2.79 bits per heavy atom. The molecule has 1 rings (SSSR count). The first-order valence-electron chi connectivity index (χ1n) is 4.88. The fraction of sp³-hybridized carbons (Fsp3) is 0.600. The standard InChI is InChI=1S/C10H15NO3/c12-7-4-2-1-3-5-9(13)10-11-6-8-14-10/h6,8,12H,1-5,7H2. The average Bonchev–Trinajstić information content (AvgIpc) is 2.70. The summed E-state index contributed by atoms with van der Waals surface area (Å²) in [4.78, 5) is 15.1. The van der Waals surface area contributed by atoms with Gasteiger partial charge in [-0.25, -0.2) is 4.98 Å². The van der Waals surface area contributed by atoms with Crippen molar-refractivity contribution in [2.45, 2.75) is 32.1 Å². The molecule has 1 heterocycles. The van der Waals surface area contributed by atoms with Crippen LogP contribution in [0.2, 0.25) is 0 Å². The van der Waals surface area contributed by atoms with E-state index in [0.29, 0.717) is 6.42 Å². The van der Waals surface area contributed by atoms with Crippen LogP contribution in [-0.4, -0.2) is 22.5 Å².